The summed E-state index contributed by atoms with van der Waals surface area (Å²) in [6.45, 7) is 8.12. The summed E-state index contributed by atoms with van der Waals surface area (Å²) >= 11 is 0. The number of oxime groups is 1. The number of carbonyl (C=O) groups is 1. The summed E-state index contributed by atoms with van der Waals surface area (Å²) in [6, 6.07) is 13.2. The number of hydrogen-bond donors (Lipinski definition) is 1. The zero-order valence-corrected chi connectivity index (χ0v) is 15.8. The van der Waals surface area contributed by atoms with Crippen LogP contribution < -0.4 is 10.1 Å². The molecule has 2 aromatic carbocycles. The molecule has 27 heavy (non-hydrogen) atoms. The van der Waals surface area contributed by atoms with Crippen LogP contribution in [0.2, 0.25) is 0 Å². The molecule has 0 aromatic heterocycles. The van der Waals surface area contributed by atoms with Gasteiger partial charge in [-0.25, -0.2) is 4.79 Å². The van der Waals surface area contributed by atoms with Crippen molar-refractivity contribution in [3.8, 4) is 5.75 Å². The van der Waals surface area contributed by atoms with Gasteiger partial charge in [-0.1, -0.05) is 36.0 Å². The third-order valence-electron chi connectivity index (χ3n) is 3.81. The topological polar surface area (TPSA) is 69.2 Å². The second-order valence-electron chi connectivity index (χ2n) is 5.80. The van der Waals surface area contributed by atoms with Gasteiger partial charge in [-0.05, 0) is 49.2 Å². The van der Waals surface area contributed by atoms with Gasteiger partial charge in [-0.15, -0.1) is 0 Å². The van der Waals surface area contributed by atoms with Crippen molar-refractivity contribution in [3.05, 3.63) is 71.8 Å². The average molecular weight is 368 g/mol. The van der Waals surface area contributed by atoms with E-state index in [1.165, 1.54) is 7.11 Å². The van der Waals surface area contributed by atoms with Gasteiger partial charge >= 0.3 is 6.09 Å². The number of nitrogens with zero attached hydrogens (tertiary/aromatic N) is 1. The van der Waals surface area contributed by atoms with Gasteiger partial charge in [-0.2, -0.15) is 0 Å². The van der Waals surface area contributed by atoms with Crippen molar-refractivity contribution in [2.45, 2.75) is 20.5 Å². The standard InChI is InChI=1S/C21H24N2O4/c1-5-12-27-23-16(3)17-10-11-20(15(2)13-17)26-14-18-8-6-7-9-19(18)22-21(24)25-4/h5-11,13H,1,12,14H2,2-4H3,(H,22,24)/b23-16+. The Kier molecular flexibility index (Phi) is 7.43. The molecule has 0 bridgehead atoms. The van der Waals surface area contributed by atoms with Crippen molar-refractivity contribution in [3.63, 3.8) is 0 Å². The highest BCUT2D eigenvalue weighted by Gasteiger charge is 2.09. The molecular formula is C21H24N2O4. The number of hydrogen-bond acceptors (Lipinski definition) is 5. The van der Waals surface area contributed by atoms with Gasteiger partial charge in [0.2, 0.25) is 0 Å². The Morgan fingerprint density at radius 2 is 2.04 bits per heavy atom. The van der Waals surface area contributed by atoms with Gasteiger partial charge in [0.25, 0.3) is 0 Å². The first-order valence-electron chi connectivity index (χ1n) is 8.49. The van der Waals surface area contributed by atoms with Crippen LogP contribution in [0.3, 0.4) is 0 Å². The van der Waals surface area contributed by atoms with Crippen molar-refractivity contribution >= 4 is 17.5 Å². The molecule has 0 saturated heterocycles. The molecular weight excluding hydrogens is 344 g/mol. The van der Waals surface area contributed by atoms with Crippen LogP contribution in [0.15, 0.2) is 60.3 Å². The lowest BCUT2D eigenvalue weighted by Crippen LogP contribution is -2.13. The van der Waals surface area contributed by atoms with Gasteiger partial charge in [0.15, 0.2) is 0 Å². The number of rotatable bonds is 8. The molecule has 0 fully saturated rings. The molecule has 2 rings (SSSR count). The SMILES string of the molecule is C=CCO/N=C(\C)c1ccc(OCc2ccccc2NC(=O)OC)c(C)c1. The molecule has 6 heteroatoms. The Labute approximate surface area is 159 Å². The molecule has 1 amide bonds. The van der Waals surface area contributed by atoms with Gasteiger partial charge in [0, 0.05) is 5.56 Å². The first kappa shape index (κ1) is 20.0. The predicted octanol–water partition coefficient (Wildman–Crippen LogP) is 4.68. The summed E-state index contributed by atoms with van der Waals surface area (Å²) < 4.78 is 10.6. The molecule has 0 heterocycles. The van der Waals surface area contributed by atoms with Crippen molar-refractivity contribution in [1.82, 2.24) is 0 Å². The number of carbonyl (C=O) groups excluding carboxylic acids is 1. The maximum atomic E-state index is 11.5. The Hall–Kier alpha value is -3.28. The van der Waals surface area contributed by atoms with Crippen molar-refractivity contribution in [1.29, 1.82) is 0 Å². The number of anilines is 1. The Morgan fingerprint density at radius 1 is 1.26 bits per heavy atom. The number of benzene rings is 2. The van der Waals surface area contributed by atoms with Crippen LogP contribution in [-0.2, 0) is 16.2 Å². The summed E-state index contributed by atoms with van der Waals surface area (Å²) in [6.07, 6.45) is 1.13. The largest absolute Gasteiger partial charge is 0.489 e. The normalized spacial score (nSPS) is 10.9. The van der Waals surface area contributed by atoms with Crippen LogP contribution in [0, 0.1) is 6.92 Å². The highest BCUT2D eigenvalue weighted by molar-refractivity contribution is 5.98. The van der Waals surface area contributed by atoms with E-state index in [-0.39, 0.29) is 0 Å². The summed E-state index contributed by atoms with van der Waals surface area (Å²) in [5, 5.41) is 6.73. The van der Waals surface area contributed by atoms with E-state index in [2.05, 4.69) is 21.8 Å². The number of methoxy groups -OCH3 is 1. The van der Waals surface area contributed by atoms with Crippen molar-refractivity contribution in [2.24, 2.45) is 5.16 Å². The molecule has 0 aliphatic rings. The zero-order valence-electron chi connectivity index (χ0n) is 15.8. The van der Waals surface area contributed by atoms with E-state index < -0.39 is 6.09 Å². The third kappa shape index (κ3) is 5.88. The highest BCUT2D eigenvalue weighted by Crippen LogP contribution is 2.23. The minimum atomic E-state index is -0.517. The van der Waals surface area contributed by atoms with Crippen LogP contribution >= 0.6 is 0 Å². The maximum Gasteiger partial charge on any atom is 0.411 e. The quantitative estimate of drug-likeness (QED) is 0.318. The van der Waals surface area contributed by atoms with E-state index in [0.717, 1.165) is 28.2 Å². The van der Waals surface area contributed by atoms with Crippen LogP contribution in [0.4, 0.5) is 10.5 Å². The summed E-state index contributed by atoms with van der Waals surface area (Å²) in [5.41, 5.74) is 4.21. The van der Waals surface area contributed by atoms with E-state index in [0.29, 0.717) is 18.9 Å². The monoisotopic (exact) mass is 368 g/mol. The van der Waals surface area contributed by atoms with Gasteiger partial charge < -0.3 is 14.3 Å². The van der Waals surface area contributed by atoms with E-state index >= 15 is 0 Å². The van der Waals surface area contributed by atoms with E-state index in [4.69, 9.17) is 9.57 Å². The minimum absolute atomic E-state index is 0.315. The van der Waals surface area contributed by atoms with Crippen LogP contribution in [-0.4, -0.2) is 25.5 Å². The number of amides is 1. The van der Waals surface area contributed by atoms with Gasteiger partial charge in [0.1, 0.15) is 19.0 Å². The average Bonchev–Trinajstić information content (AvgIpc) is 2.68. The lowest BCUT2D eigenvalue weighted by Gasteiger charge is -2.13. The number of ether oxygens (including phenoxy) is 2. The maximum absolute atomic E-state index is 11.5. The number of para-hydroxylation sites is 1. The summed E-state index contributed by atoms with van der Waals surface area (Å²) in [4.78, 5) is 16.6. The fourth-order valence-electron chi connectivity index (χ4n) is 2.36. The van der Waals surface area contributed by atoms with E-state index in [1.807, 2.05) is 50.2 Å². The second kappa shape index (κ2) is 10.0. The number of nitrogens with one attached hydrogen (secondary N) is 1. The minimum Gasteiger partial charge on any atom is -0.489 e. The smallest absolute Gasteiger partial charge is 0.411 e. The molecule has 0 aliphatic carbocycles. The first-order valence-corrected chi connectivity index (χ1v) is 8.49. The molecule has 2 aromatic rings. The number of aryl methyl sites for hydroxylation is 1. The third-order valence-corrected chi connectivity index (χ3v) is 3.81. The second-order valence-corrected chi connectivity index (χ2v) is 5.80. The van der Waals surface area contributed by atoms with E-state index in [1.54, 1.807) is 12.1 Å². The molecule has 0 spiro atoms. The summed E-state index contributed by atoms with van der Waals surface area (Å²) in [7, 11) is 1.33. The van der Waals surface area contributed by atoms with Crippen molar-refractivity contribution in [2.75, 3.05) is 19.0 Å². The molecule has 0 atom stereocenters. The Morgan fingerprint density at radius 3 is 2.74 bits per heavy atom. The molecule has 0 aliphatic heterocycles. The Balaban J connectivity index is 2.08. The molecule has 0 saturated carbocycles. The van der Waals surface area contributed by atoms with E-state index in [9.17, 15) is 4.79 Å². The molecule has 0 radical (unpaired) electrons. The predicted molar refractivity (Wildman–Crippen MR) is 106 cm³/mol. The lowest BCUT2D eigenvalue weighted by molar-refractivity contribution is 0.175. The molecule has 1 N–H and O–H groups in total. The molecule has 0 unspecified atom stereocenters. The van der Waals surface area contributed by atoms with Gasteiger partial charge in [0.05, 0.1) is 18.5 Å². The summed E-state index contributed by atoms with van der Waals surface area (Å²) in [5.74, 6) is 0.756. The highest BCUT2D eigenvalue weighted by atomic mass is 16.6. The molecule has 6 nitrogen and oxygen atoms in total. The lowest BCUT2D eigenvalue weighted by atomic mass is 10.1. The van der Waals surface area contributed by atoms with Crippen LogP contribution in [0.5, 0.6) is 5.75 Å². The van der Waals surface area contributed by atoms with Crippen LogP contribution in [0.25, 0.3) is 0 Å². The van der Waals surface area contributed by atoms with Crippen molar-refractivity contribution < 1.29 is 19.1 Å². The Bertz CT molecular complexity index is 831. The van der Waals surface area contributed by atoms with Gasteiger partial charge in [-0.3, -0.25) is 5.32 Å². The zero-order chi connectivity index (χ0) is 19.6. The van der Waals surface area contributed by atoms with Crippen LogP contribution in [0.1, 0.15) is 23.6 Å². The first-order chi connectivity index (χ1) is 13.0. The fraction of sp³-hybridized carbons (Fsp3) is 0.238. The fourth-order valence-corrected chi connectivity index (χ4v) is 2.36. The molecule has 142 valence electrons.